The highest BCUT2D eigenvalue weighted by atomic mass is 35.5. The van der Waals surface area contributed by atoms with E-state index >= 15 is 0 Å². The summed E-state index contributed by atoms with van der Waals surface area (Å²) >= 11 is 7.66. The molecule has 2 saturated heterocycles. The second kappa shape index (κ2) is 10.9. The topological polar surface area (TPSA) is 58.6 Å². The number of hydrogen-bond acceptors (Lipinski definition) is 6. The maximum atomic E-state index is 12.7. The third kappa shape index (κ3) is 6.36. The number of nitrogens with zero attached hydrogens (tertiary/aromatic N) is 4. The summed E-state index contributed by atoms with van der Waals surface area (Å²) in [5.74, 6) is 1.93. The molecule has 2 unspecified atom stereocenters. The van der Waals surface area contributed by atoms with Crippen LogP contribution in [0, 0.1) is 5.92 Å². The molecule has 2 aliphatic rings. The zero-order valence-electron chi connectivity index (χ0n) is 18.7. The minimum absolute atomic E-state index is 0.0616. The Morgan fingerprint density at radius 1 is 1.12 bits per heavy atom. The summed E-state index contributed by atoms with van der Waals surface area (Å²) < 4.78 is 5.72. The number of ether oxygens (including phenoxy) is 1. The molecule has 0 spiro atoms. The van der Waals surface area contributed by atoms with E-state index in [0.717, 1.165) is 38.2 Å². The van der Waals surface area contributed by atoms with Gasteiger partial charge in [-0.3, -0.25) is 4.79 Å². The third-order valence-corrected chi connectivity index (χ3v) is 7.09. The number of thioether (sulfide) groups is 1. The molecule has 0 saturated carbocycles. The Hall–Kier alpha value is -1.83. The van der Waals surface area contributed by atoms with Crippen molar-refractivity contribution in [3.63, 3.8) is 0 Å². The standard InChI is InChI=1S/C24H31ClN4O2S/c1-17-14-29(15-18(2)31-17)23(30)16-32-24-26-21(25)13-22(27-24)28-10-8-20(9-11-28)12-19-6-4-3-5-7-19/h3-7,13,17-18,20H,8-12,14-16H2,1-2H3. The van der Waals surface area contributed by atoms with Gasteiger partial charge in [-0.05, 0) is 44.6 Å². The van der Waals surface area contributed by atoms with E-state index in [1.165, 1.54) is 17.3 Å². The summed E-state index contributed by atoms with van der Waals surface area (Å²) in [6.45, 7) is 7.17. The molecule has 1 amide bonds. The molecule has 8 heteroatoms. The summed E-state index contributed by atoms with van der Waals surface area (Å²) in [6, 6.07) is 12.5. The predicted octanol–water partition coefficient (Wildman–Crippen LogP) is 4.32. The van der Waals surface area contributed by atoms with Gasteiger partial charge in [0.15, 0.2) is 5.16 Å². The first-order valence-electron chi connectivity index (χ1n) is 11.4. The highest BCUT2D eigenvalue weighted by Crippen LogP contribution is 2.28. The SMILES string of the molecule is CC1CN(C(=O)CSc2nc(Cl)cc(N3CCC(Cc4ccccc4)CC3)n2)CC(C)O1. The van der Waals surface area contributed by atoms with Crippen LogP contribution >= 0.6 is 23.4 Å². The normalized spacial score (nSPS) is 22.2. The molecule has 0 N–H and O–H groups in total. The molecule has 6 nitrogen and oxygen atoms in total. The molecule has 0 bridgehead atoms. The predicted molar refractivity (Wildman–Crippen MR) is 129 cm³/mol. The van der Waals surface area contributed by atoms with E-state index in [4.69, 9.17) is 21.3 Å². The van der Waals surface area contributed by atoms with Crippen molar-refractivity contribution in [1.29, 1.82) is 0 Å². The molecule has 32 heavy (non-hydrogen) atoms. The Kier molecular flexibility index (Phi) is 7.92. The lowest BCUT2D eigenvalue weighted by Gasteiger charge is -2.35. The quantitative estimate of drug-likeness (QED) is 0.353. The minimum Gasteiger partial charge on any atom is -0.372 e. The fourth-order valence-electron chi connectivity index (χ4n) is 4.52. The highest BCUT2D eigenvalue weighted by Gasteiger charge is 2.26. The molecule has 3 heterocycles. The van der Waals surface area contributed by atoms with Gasteiger partial charge in [-0.15, -0.1) is 0 Å². The van der Waals surface area contributed by atoms with Crippen molar-refractivity contribution < 1.29 is 9.53 Å². The molecular formula is C24H31ClN4O2S. The van der Waals surface area contributed by atoms with Crippen LogP contribution in [0.1, 0.15) is 32.3 Å². The lowest BCUT2D eigenvalue weighted by atomic mass is 9.90. The van der Waals surface area contributed by atoms with E-state index in [2.05, 4.69) is 40.2 Å². The Morgan fingerprint density at radius 3 is 2.50 bits per heavy atom. The number of anilines is 1. The Bertz CT molecular complexity index is 898. The third-order valence-electron chi connectivity index (χ3n) is 6.06. The first-order valence-corrected chi connectivity index (χ1v) is 12.7. The number of benzene rings is 1. The molecule has 4 rings (SSSR count). The summed E-state index contributed by atoms with van der Waals surface area (Å²) in [5.41, 5.74) is 1.41. The summed E-state index contributed by atoms with van der Waals surface area (Å²) in [4.78, 5) is 25.9. The molecular weight excluding hydrogens is 444 g/mol. The van der Waals surface area contributed by atoms with Gasteiger partial charge in [0.05, 0.1) is 18.0 Å². The van der Waals surface area contributed by atoms with Crippen LogP contribution < -0.4 is 4.90 Å². The first-order chi connectivity index (χ1) is 15.5. The van der Waals surface area contributed by atoms with E-state index < -0.39 is 0 Å². The van der Waals surface area contributed by atoms with E-state index in [1.54, 1.807) is 0 Å². The van der Waals surface area contributed by atoms with Gasteiger partial charge in [0, 0.05) is 32.2 Å². The Labute approximate surface area is 199 Å². The second-order valence-corrected chi connectivity index (χ2v) is 10.1. The zero-order chi connectivity index (χ0) is 22.5. The second-order valence-electron chi connectivity index (χ2n) is 8.80. The van der Waals surface area contributed by atoms with Crippen molar-refractivity contribution in [2.24, 2.45) is 5.92 Å². The number of aromatic nitrogens is 2. The van der Waals surface area contributed by atoms with Gasteiger partial charge >= 0.3 is 0 Å². The largest absolute Gasteiger partial charge is 0.372 e. The van der Waals surface area contributed by atoms with E-state index in [-0.39, 0.29) is 18.1 Å². The van der Waals surface area contributed by atoms with E-state index in [1.807, 2.05) is 24.8 Å². The first kappa shape index (κ1) is 23.3. The van der Waals surface area contributed by atoms with Gasteiger partial charge in [0.2, 0.25) is 5.91 Å². The van der Waals surface area contributed by atoms with Crippen LogP contribution in [-0.2, 0) is 16.0 Å². The van der Waals surface area contributed by atoms with Crippen molar-refractivity contribution in [3.8, 4) is 0 Å². The number of piperidine rings is 1. The number of halogens is 1. The maximum absolute atomic E-state index is 12.7. The molecule has 0 aliphatic carbocycles. The van der Waals surface area contributed by atoms with Crippen LogP contribution in [0.3, 0.4) is 0 Å². The van der Waals surface area contributed by atoms with Gasteiger partial charge in [-0.1, -0.05) is 53.7 Å². The smallest absolute Gasteiger partial charge is 0.233 e. The highest BCUT2D eigenvalue weighted by molar-refractivity contribution is 7.99. The van der Waals surface area contributed by atoms with Gasteiger partial charge in [0.1, 0.15) is 11.0 Å². The van der Waals surface area contributed by atoms with Crippen molar-refractivity contribution in [2.75, 3.05) is 36.8 Å². The van der Waals surface area contributed by atoms with Gasteiger partial charge in [0.25, 0.3) is 0 Å². The van der Waals surface area contributed by atoms with Crippen molar-refractivity contribution in [3.05, 3.63) is 47.1 Å². The molecule has 2 aromatic rings. The zero-order valence-corrected chi connectivity index (χ0v) is 20.3. The van der Waals surface area contributed by atoms with Crippen LogP contribution in [0.2, 0.25) is 5.15 Å². The van der Waals surface area contributed by atoms with E-state index in [0.29, 0.717) is 35.1 Å². The maximum Gasteiger partial charge on any atom is 0.233 e. The van der Waals surface area contributed by atoms with Crippen LogP contribution in [-0.4, -0.2) is 64.9 Å². The number of amides is 1. The number of rotatable bonds is 6. The van der Waals surface area contributed by atoms with Gasteiger partial charge in [-0.25, -0.2) is 9.97 Å². The number of morpholine rings is 1. The van der Waals surface area contributed by atoms with Crippen LogP contribution in [0.5, 0.6) is 0 Å². The minimum atomic E-state index is 0.0616. The molecule has 1 aromatic carbocycles. The van der Waals surface area contributed by atoms with Gasteiger partial charge < -0.3 is 14.5 Å². The van der Waals surface area contributed by atoms with Crippen LogP contribution in [0.15, 0.2) is 41.6 Å². The van der Waals surface area contributed by atoms with Crippen LogP contribution in [0.25, 0.3) is 0 Å². The van der Waals surface area contributed by atoms with Crippen molar-refractivity contribution in [1.82, 2.24) is 14.9 Å². The molecule has 2 fully saturated rings. The average molecular weight is 475 g/mol. The van der Waals surface area contributed by atoms with Gasteiger partial charge in [-0.2, -0.15) is 0 Å². The molecule has 172 valence electrons. The van der Waals surface area contributed by atoms with Crippen molar-refractivity contribution in [2.45, 2.75) is 50.5 Å². The van der Waals surface area contributed by atoms with Crippen LogP contribution in [0.4, 0.5) is 5.82 Å². The summed E-state index contributed by atoms with van der Waals surface area (Å²) in [6.07, 6.45) is 3.51. The number of carbonyl (C=O) groups excluding carboxylic acids is 1. The fraction of sp³-hybridized carbons (Fsp3) is 0.542. The molecule has 2 aliphatic heterocycles. The van der Waals surface area contributed by atoms with E-state index in [9.17, 15) is 4.79 Å². The number of carbonyl (C=O) groups is 1. The molecule has 0 radical (unpaired) electrons. The Balaban J connectivity index is 1.31. The monoisotopic (exact) mass is 474 g/mol. The molecule has 1 aromatic heterocycles. The lowest BCUT2D eigenvalue weighted by molar-refractivity contribution is -0.140. The fourth-order valence-corrected chi connectivity index (χ4v) is 5.51. The van der Waals surface area contributed by atoms with Crippen molar-refractivity contribution >= 4 is 35.1 Å². The summed E-state index contributed by atoms with van der Waals surface area (Å²) in [7, 11) is 0. The summed E-state index contributed by atoms with van der Waals surface area (Å²) in [5, 5.41) is 0.978. The Morgan fingerprint density at radius 2 is 1.81 bits per heavy atom. The average Bonchev–Trinajstić information content (AvgIpc) is 2.78. The lowest BCUT2D eigenvalue weighted by Crippen LogP contribution is -2.48. The molecule has 2 atom stereocenters. The number of hydrogen-bond donors (Lipinski definition) is 0.